The Hall–Kier alpha value is -0.780. The fourth-order valence-electron chi connectivity index (χ4n) is 2.33. The summed E-state index contributed by atoms with van der Waals surface area (Å²) in [4.78, 5) is 14.1. The summed E-state index contributed by atoms with van der Waals surface area (Å²) in [5.74, 6) is 0.957. The first-order valence-corrected chi connectivity index (χ1v) is 7.76. The third-order valence-electron chi connectivity index (χ3n) is 3.48. The number of carbonyl (C=O) groups excluding carboxylic acids is 1. The van der Waals surface area contributed by atoms with E-state index >= 15 is 0 Å². The van der Waals surface area contributed by atoms with Gasteiger partial charge in [-0.25, -0.2) is 0 Å². The number of aryl methyl sites for hydroxylation is 1. The van der Waals surface area contributed by atoms with E-state index in [1.165, 1.54) is 5.56 Å². The molecule has 0 bridgehead atoms. The Kier molecular flexibility index (Phi) is 7.49. The number of ether oxygens (including phenoxy) is 1. The summed E-state index contributed by atoms with van der Waals surface area (Å²) >= 11 is 3.47. The topological polar surface area (TPSA) is 41.6 Å². The van der Waals surface area contributed by atoms with Crippen LogP contribution in [0.2, 0.25) is 0 Å². The average molecular weight is 378 g/mol. The van der Waals surface area contributed by atoms with Crippen molar-refractivity contribution in [2.75, 3.05) is 26.2 Å². The monoisotopic (exact) mass is 376 g/mol. The number of nitrogens with one attached hydrogen (secondary N) is 1. The van der Waals surface area contributed by atoms with Crippen molar-refractivity contribution in [3.8, 4) is 5.75 Å². The van der Waals surface area contributed by atoms with Crippen molar-refractivity contribution in [3.05, 3.63) is 28.2 Å². The van der Waals surface area contributed by atoms with Crippen LogP contribution in [0.3, 0.4) is 0 Å². The van der Waals surface area contributed by atoms with Crippen LogP contribution in [0.5, 0.6) is 5.75 Å². The lowest BCUT2D eigenvalue weighted by Gasteiger charge is -2.34. The van der Waals surface area contributed by atoms with Gasteiger partial charge in [-0.3, -0.25) is 4.79 Å². The third-order valence-corrected chi connectivity index (χ3v) is 4.10. The van der Waals surface area contributed by atoms with Gasteiger partial charge in [0.25, 0.3) is 0 Å². The maximum absolute atomic E-state index is 12.1. The zero-order chi connectivity index (χ0) is 14.5. The number of hydrogen-bond acceptors (Lipinski definition) is 3. The van der Waals surface area contributed by atoms with Crippen LogP contribution < -0.4 is 10.1 Å². The molecule has 1 aromatic carbocycles. The van der Waals surface area contributed by atoms with Crippen molar-refractivity contribution >= 4 is 34.2 Å². The van der Waals surface area contributed by atoms with Crippen molar-refractivity contribution in [2.24, 2.45) is 0 Å². The normalized spacial score (nSPS) is 18.0. The first-order chi connectivity index (χ1) is 9.58. The Morgan fingerprint density at radius 2 is 2.29 bits per heavy atom. The van der Waals surface area contributed by atoms with Gasteiger partial charge in [0, 0.05) is 25.7 Å². The molecule has 1 fully saturated rings. The van der Waals surface area contributed by atoms with Crippen molar-refractivity contribution < 1.29 is 9.53 Å². The fourth-order valence-corrected chi connectivity index (χ4v) is 2.93. The number of nitrogens with zero attached hydrogens (tertiary/aromatic N) is 1. The quantitative estimate of drug-likeness (QED) is 0.877. The molecule has 0 spiro atoms. The van der Waals surface area contributed by atoms with Gasteiger partial charge in [0.05, 0.1) is 17.5 Å². The van der Waals surface area contributed by atoms with Crippen molar-refractivity contribution in [3.63, 3.8) is 0 Å². The van der Waals surface area contributed by atoms with E-state index in [9.17, 15) is 4.79 Å². The summed E-state index contributed by atoms with van der Waals surface area (Å²) in [7, 11) is 0. The number of halogens is 2. The zero-order valence-corrected chi connectivity index (χ0v) is 14.8. The molecule has 118 valence electrons. The minimum Gasteiger partial charge on any atom is -0.492 e. The Morgan fingerprint density at radius 3 is 2.95 bits per heavy atom. The molecule has 2 rings (SSSR count). The molecular weight excluding hydrogens is 356 g/mol. The lowest BCUT2D eigenvalue weighted by Crippen LogP contribution is -2.52. The van der Waals surface area contributed by atoms with E-state index in [0.717, 1.165) is 29.9 Å². The molecule has 1 saturated heterocycles. The molecule has 1 unspecified atom stereocenters. The van der Waals surface area contributed by atoms with Gasteiger partial charge in [0.2, 0.25) is 5.91 Å². The van der Waals surface area contributed by atoms with Crippen LogP contribution >= 0.6 is 28.3 Å². The van der Waals surface area contributed by atoms with Crippen molar-refractivity contribution in [2.45, 2.75) is 26.3 Å². The van der Waals surface area contributed by atoms with E-state index < -0.39 is 0 Å². The van der Waals surface area contributed by atoms with E-state index in [1.807, 2.05) is 30.0 Å². The van der Waals surface area contributed by atoms with Crippen LogP contribution in [0.1, 0.15) is 18.9 Å². The van der Waals surface area contributed by atoms with Crippen molar-refractivity contribution in [1.82, 2.24) is 10.2 Å². The number of piperazine rings is 1. The van der Waals surface area contributed by atoms with Crippen LogP contribution in [0.4, 0.5) is 0 Å². The first-order valence-electron chi connectivity index (χ1n) is 6.97. The Balaban J connectivity index is 0.00000220. The van der Waals surface area contributed by atoms with Gasteiger partial charge >= 0.3 is 0 Å². The molecule has 1 aliphatic rings. The van der Waals surface area contributed by atoms with Gasteiger partial charge in [-0.2, -0.15) is 0 Å². The minimum absolute atomic E-state index is 0. The molecule has 1 aromatic rings. The molecule has 1 heterocycles. The highest BCUT2D eigenvalue weighted by Crippen LogP contribution is 2.25. The molecule has 0 saturated carbocycles. The molecule has 0 aromatic heterocycles. The number of amides is 1. The summed E-state index contributed by atoms with van der Waals surface area (Å²) in [5.41, 5.74) is 1.18. The minimum atomic E-state index is 0. The van der Waals surface area contributed by atoms with Crippen LogP contribution in [-0.2, 0) is 4.79 Å². The predicted molar refractivity (Wildman–Crippen MR) is 90.3 cm³/mol. The highest BCUT2D eigenvalue weighted by molar-refractivity contribution is 9.10. The maximum atomic E-state index is 12.1. The zero-order valence-electron chi connectivity index (χ0n) is 12.4. The van der Waals surface area contributed by atoms with Crippen molar-refractivity contribution in [1.29, 1.82) is 0 Å². The number of rotatable bonds is 4. The van der Waals surface area contributed by atoms with Crippen LogP contribution in [-0.4, -0.2) is 43.1 Å². The molecule has 21 heavy (non-hydrogen) atoms. The van der Waals surface area contributed by atoms with E-state index in [0.29, 0.717) is 13.0 Å². The summed E-state index contributed by atoms with van der Waals surface area (Å²) < 4.78 is 6.61. The standard InChI is InChI=1S/C15H21BrN2O2.ClH/c1-11-3-4-14(13(16)9-11)20-8-5-15(19)18-7-6-17-10-12(18)2;/h3-4,9,12,17H,5-8,10H2,1-2H3;1H. The van der Waals surface area contributed by atoms with E-state index in [4.69, 9.17) is 4.74 Å². The van der Waals surface area contributed by atoms with E-state index in [2.05, 4.69) is 28.2 Å². The Morgan fingerprint density at radius 1 is 1.52 bits per heavy atom. The van der Waals surface area contributed by atoms with Gasteiger partial charge in [0.15, 0.2) is 0 Å². The number of carbonyl (C=O) groups is 1. The molecule has 0 radical (unpaired) electrons. The van der Waals surface area contributed by atoms with E-state index in [-0.39, 0.29) is 24.4 Å². The van der Waals surface area contributed by atoms with Crippen LogP contribution in [0.25, 0.3) is 0 Å². The Labute approximate surface area is 140 Å². The summed E-state index contributed by atoms with van der Waals surface area (Å²) in [6.45, 7) is 7.05. The molecule has 4 nitrogen and oxygen atoms in total. The van der Waals surface area contributed by atoms with Gasteiger partial charge in [0.1, 0.15) is 5.75 Å². The second-order valence-corrected chi connectivity index (χ2v) is 6.03. The summed E-state index contributed by atoms with van der Waals surface area (Å²) in [6, 6.07) is 6.20. The van der Waals surface area contributed by atoms with Gasteiger partial charge in [-0.1, -0.05) is 6.07 Å². The molecule has 1 aliphatic heterocycles. The largest absolute Gasteiger partial charge is 0.492 e. The summed E-state index contributed by atoms with van der Waals surface area (Å²) in [5, 5.41) is 3.28. The van der Waals surface area contributed by atoms with Gasteiger partial charge < -0.3 is 15.0 Å². The highest BCUT2D eigenvalue weighted by atomic mass is 79.9. The Bertz CT molecular complexity index is 485. The smallest absolute Gasteiger partial charge is 0.226 e. The van der Waals surface area contributed by atoms with Crippen LogP contribution in [0, 0.1) is 6.92 Å². The second kappa shape index (κ2) is 8.61. The van der Waals surface area contributed by atoms with E-state index in [1.54, 1.807) is 0 Å². The van der Waals surface area contributed by atoms with Gasteiger partial charge in [-0.15, -0.1) is 12.4 Å². The molecular formula is C15H22BrClN2O2. The molecule has 1 amide bonds. The lowest BCUT2D eigenvalue weighted by molar-refractivity contribution is -0.134. The number of hydrogen-bond donors (Lipinski definition) is 1. The SMILES string of the molecule is Cc1ccc(OCCC(=O)N2CCNCC2C)c(Br)c1.Cl. The predicted octanol–water partition coefficient (Wildman–Crippen LogP) is 2.77. The summed E-state index contributed by atoms with van der Waals surface area (Å²) in [6.07, 6.45) is 0.421. The first kappa shape index (κ1) is 18.3. The number of benzene rings is 1. The van der Waals surface area contributed by atoms with Gasteiger partial charge in [-0.05, 0) is 47.5 Å². The molecule has 1 N–H and O–H groups in total. The molecule has 1 atom stereocenters. The fraction of sp³-hybridized carbons (Fsp3) is 0.533. The lowest BCUT2D eigenvalue weighted by atomic mass is 10.2. The second-order valence-electron chi connectivity index (χ2n) is 5.17. The molecule has 6 heteroatoms. The maximum Gasteiger partial charge on any atom is 0.226 e. The average Bonchev–Trinajstić information content (AvgIpc) is 2.41. The molecule has 0 aliphatic carbocycles. The van der Waals surface area contributed by atoms with Crippen LogP contribution in [0.15, 0.2) is 22.7 Å². The highest BCUT2D eigenvalue weighted by Gasteiger charge is 2.22. The third kappa shape index (κ3) is 5.16.